The standard InChI is InChI=1S/C16H18N4O3/c1-10-2-3-14(21)12(6-10)16(22)19-5-4-15-13(8-19)20-11(9-23-15)7-17-18-20/h2-3,6-7,13,15,21H,4-5,8-9H2,1H3/t13-,15+/m0/s1. The predicted octanol–water partition coefficient (Wildman–Crippen LogP) is 1.28. The van der Waals surface area contributed by atoms with Crippen molar-refractivity contribution >= 4 is 5.91 Å². The Bertz CT molecular complexity index is 758. The van der Waals surface area contributed by atoms with E-state index in [9.17, 15) is 9.90 Å². The molecular formula is C16H18N4O3. The first-order chi connectivity index (χ1) is 11.1. The molecule has 1 N–H and O–H groups in total. The number of ether oxygens (including phenoxy) is 1. The van der Waals surface area contributed by atoms with Crippen LogP contribution >= 0.6 is 0 Å². The van der Waals surface area contributed by atoms with Gasteiger partial charge in [0, 0.05) is 13.1 Å². The van der Waals surface area contributed by atoms with Crippen molar-refractivity contribution in [1.82, 2.24) is 19.9 Å². The second kappa shape index (κ2) is 5.34. The van der Waals surface area contributed by atoms with E-state index in [1.54, 1.807) is 29.3 Å². The van der Waals surface area contributed by atoms with Crippen LogP contribution in [0.4, 0.5) is 0 Å². The highest BCUT2D eigenvalue weighted by molar-refractivity contribution is 5.97. The number of aryl methyl sites for hydroxylation is 1. The van der Waals surface area contributed by atoms with E-state index in [1.807, 2.05) is 11.6 Å². The van der Waals surface area contributed by atoms with Crippen LogP contribution in [-0.4, -0.2) is 50.1 Å². The SMILES string of the molecule is Cc1ccc(O)c(C(=O)N2CC[C@H]3OCc4cnnn4[C@H]3C2)c1. The lowest BCUT2D eigenvalue weighted by atomic mass is 9.99. The summed E-state index contributed by atoms with van der Waals surface area (Å²) < 4.78 is 7.72. The zero-order chi connectivity index (χ0) is 16.0. The fourth-order valence-corrected chi connectivity index (χ4v) is 3.36. The van der Waals surface area contributed by atoms with Gasteiger partial charge in [-0.15, -0.1) is 5.10 Å². The van der Waals surface area contributed by atoms with Gasteiger partial charge in [-0.05, 0) is 25.5 Å². The van der Waals surface area contributed by atoms with Crippen molar-refractivity contribution in [3.8, 4) is 5.75 Å². The summed E-state index contributed by atoms with van der Waals surface area (Å²) in [7, 11) is 0. The molecule has 0 saturated carbocycles. The monoisotopic (exact) mass is 314 g/mol. The van der Waals surface area contributed by atoms with Gasteiger partial charge in [-0.1, -0.05) is 16.8 Å². The van der Waals surface area contributed by atoms with Crippen molar-refractivity contribution in [3.63, 3.8) is 0 Å². The number of phenolic OH excluding ortho intramolecular Hbond substituents is 1. The lowest BCUT2D eigenvalue weighted by Gasteiger charge is -2.41. The number of carbonyl (C=O) groups excluding carboxylic acids is 1. The molecule has 1 amide bonds. The Morgan fingerprint density at radius 2 is 2.30 bits per heavy atom. The number of aromatic hydroxyl groups is 1. The highest BCUT2D eigenvalue weighted by atomic mass is 16.5. The number of aromatic nitrogens is 3. The van der Waals surface area contributed by atoms with Gasteiger partial charge in [0.2, 0.25) is 0 Å². The zero-order valence-electron chi connectivity index (χ0n) is 12.8. The molecule has 2 atom stereocenters. The number of phenols is 1. The Balaban J connectivity index is 1.60. The minimum atomic E-state index is -0.156. The number of nitrogens with zero attached hydrogens (tertiary/aromatic N) is 4. The molecular weight excluding hydrogens is 296 g/mol. The van der Waals surface area contributed by atoms with E-state index in [2.05, 4.69) is 10.3 Å². The van der Waals surface area contributed by atoms with Gasteiger partial charge < -0.3 is 14.7 Å². The van der Waals surface area contributed by atoms with Crippen LogP contribution < -0.4 is 0 Å². The quantitative estimate of drug-likeness (QED) is 0.857. The molecule has 1 saturated heterocycles. The summed E-state index contributed by atoms with van der Waals surface area (Å²) in [5.41, 5.74) is 2.22. The van der Waals surface area contributed by atoms with Gasteiger partial charge in [-0.2, -0.15) is 0 Å². The molecule has 23 heavy (non-hydrogen) atoms. The maximum absolute atomic E-state index is 12.8. The van der Waals surface area contributed by atoms with Gasteiger partial charge in [0.1, 0.15) is 5.75 Å². The van der Waals surface area contributed by atoms with Crippen molar-refractivity contribution in [3.05, 3.63) is 41.2 Å². The zero-order valence-corrected chi connectivity index (χ0v) is 12.8. The van der Waals surface area contributed by atoms with Crippen LogP contribution in [0.3, 0.4) is 0 Å². The van der Waals surface area contributed by atoms with E-state index >= 15 is 0 Å². The van der Waals surface area contributed by atoms with Crippen LogP contribution in [-0.2, 0) is 11.3 Å². The third kappa shape index (κ3) is 2.37. The van der Waals surface area contributed by atoms with E-state index in [4.69, 9.17) is 4.74 Å². The molecule has 2 aliphatic rings. The molecule has 1 aromatic carbocycles. The minimum Gasteiger partial charge on any atom is -0.507 e. The Morgan fingerprint density at radius 3 is 3.17 bits per heavy atom. The first-order valence-electron chi connectivity index (χ1n) is 7.73. The number of likely N-dealkylation sites (tertiary alicyclic amines) is 1. The number of hydrogen-bond acceptors (Lipinski definition) is 5. The third-order valence-corrected chi connectivity index (χ3v) is 4.60. The van der Waals surface area contributed by atoms with E-state index in [0.717, 1.165) is 17.7 Å². The summed E-state index contributed by atoms with van der Waals surface area (Å²) in [6.07, 6.45) is 2.51. The third-order valence-electron chi connectivity index (χ3n) is 4.60. The number of carbonyl (C=O) groups is 1. The predicted molar refractivity (Wildman–Crippen MR) is 81.0 cm³/mol. The topological polar surface area (TPSA) is 80.5 Å². The van der Waals surface area contributed by atoms with Crippen LogP contribution in [0.1, 0.15) is 34.1 Å². The van der Waals surface area contributed by atoms with Crippen molar-refractivity contribution in [1.29, 1.82) is 0 Å². The Labute approximate surface area is 133 Å². The minimum absolute atomic E-state index is 0.0177. The van der Waals surface area contributed by atoms with Crippen LogP contribution in [0.2, 0.25) is 0 Å². The smallest absolute Gasteiger partial charge is 0.257 e. The van der Waals surface area contributed by atoms with E-state index < -0.39 is 0 Å². The molecule has 7 heteroatoms. The number of piperidine rings is 1. The number of rotatable bonds is 1. The summed E-state index contributed by atoms with van der Waals surface area (Å²) in [6.45, 7) is 3.53. The molecule has 4 rings (SSSR count). The molecule has 2 aromatic rings. The molecule has 120 valence electrons. The molecule has 0 aliphatic carbocycles. The van der Waals surface area contributed by atoms with Crippen LogP contribution in [0.15, 0.2) is 24.4 Å². The van der Waals surface area contributed by atoms with Crippen molar-refractivity contribution in [2.75, 3.05) is 13.1 Å². The lowest BCUT2D eigenvalue weighted by molar-refractivity contribution is -0.0605. The van der Waals surface area contributed by atoms with Gasteiger partial charge in [0.25, 0.3) is 5.91 Å². The second-order valence-electron chi connectivity index (χ2n) is 6.15. The normalized spacial score (nSPS) is 23.3. The molecule has 3 heterocycles. The Hall–Kier alpha value is -2.41. The number of hydrogen-bond donors (Lipinski definition) is 1. The molecule has 2 aliphatic heterocycles. The molecule has 0 unspecified atom stereocenters. The molecule has 0 radical (unpaired) electrons. The number of fused-ring (bicyclic) bond motifs is 3. The highest BCUT2D eigenvalue weighted by Gasteiger charge is 2.38. The molecule has 7 nitrogen and oxygen atoms in total. The van der Waals surface area contributed by atoms with Gasteiger partial charge in [-0.3, -0.25) is 4.79 Å². The van der Waals surface area contributed by atoms with Crippen LogP contribution in [0, 0.1) is 6.92 Å². The van der Waals surface area contributed by atoms with Gasteiger partial charge >= 0.3 is 0 Å². The van der Waals surface area contributed by atoms with Crippen molar-refractivity contribution in [2.24, 2.45) is 0 Å². The summed E-state index contributed by atoms with van der Waals surface area (Å²) in [5.74, 6) is -0.138. The van der Waals surface area contributed by atoms with E-state index in [1.165, 1.54) is 0 Å². The fourth-order valence-electron chi connectivity index (χ4n) is 3.36. The summed E-state index contributed by atoms with van der Waals surface area (Å²) in [5, 5.41) is 18.1. The molecule has 1 fully saturated rings. The van der Waals surface area contributed by atoms with Crippen LogP contribution in [0.5, 0.6) is 5.75 Å². The molecule has 1 aromatic heterocycles. The maximum Gasteiger partial charge on any atom is 0.257 e. The van der Waals surface area contributed by atoms with Crippen LogP contribution in [0.25, 0.3) is 0 Å². The average Bonchev–Trinajstić information content (AvgIpc) is 3.05. The Kier molecular flexibility index (Phi) is 3.30. The summed E-state index contributed by atoms with van der Waals surface area (Å²) in [4.78, 5) is 14.5. The summed E-state index contributed by atoms with van der Waals surface area (Å²) in [6, 6.07) is 5.05. The second-order valence-corrected chi connectivity index (χ2v) is 6.15. The van der Waals surface area contributed by atoms with Crippen molar-refractivity contribution < 1.29 is 14.6 Å². The first kappa shape index (κ1) is 14.2. The largest absolute Gasteiger partial charge is 0.507 e. The first-order valence-corrected chi connectivity index (χ1v) is 7.73. The molecule has 0 bridgehead atoms. The van der Waals surface area contributed by atoms with E-state index in [-0.39, 0.29) is 23.8 Å². The number of benzene rings is 1. The van der Waals surface area contributed by atoms with Gasteiger partial charge in [0.05, 0.1) is 36.2 Å². The molecule has 0 spiro atoms. The van der Waals surface area contributed by atoms with Gasteiger partial charge in [-0.25, -0.2) is 4.68 Å². The fraction of sp³-hybridized carbons (Fsp3) is 0.438. The summed E-state index contributed by atoms with van der Waals surface area (Å²) >= 11 is 0. The highest BCUT2D eigenvalue weighted by Crippen LogP contribution is 2.31. The lowest BCUT2D eigenvalue weighted by Crippen LogP contribution is -2.49. The van der Waals surface area contributed by atoms with Crippen molar-refractivity contribution in [2.45, 2.75) is 32.1 Å². The van der Waals surface area contributed by atoms with Gasteiger partial charge in [0.15, 0.2) is 0 Å². The van der Waals surface area contributed by atoms with E-state index in [0.29, 0.717) is 25.3 Å². The maximum atomic E-state index is 12.8. The number of amides is 1. The Morgan fingerprint density at radius 1 is 1.43 bits per heavy atom. The average molecular weight is 314 g/mol.